The summed E-state index contributed by atoms with van der Waals surface area (Å²) in [5, 5.41) is 8.97. The van der Waals surface area contributed by atoms with E-state index in [-0.39, 0.29) is 24.2 Å². The Morgan fingerprint density at radius 3 is 2.65 bits per heavy atom. The summed E-state index contributed by atoms with van der Waals surface area (Å²) < 4.78 is 18.9. The van der Waals surface area contributed by atoms with Gasteiger partial charge in [-0.25, -0.2) is 4.39 Å². The van der Waals surface area contributed by atoms with E-state index in [0.29, 0.717) is 18.7 Å². The molecule has 0 fully saturated rings. The number of ether oxygens (including phenoxy) is 1. The molecule has 0 bridgehead atoms. The van der Waals surface area contributed by atoms with Gasteiger partial charge in [-0.2, -0.15) is 0 Å². The van der Waals surface area contributed by atoms with E-state index in [4.69, 9.17) is 9.84 Å². The van der Waals surface area contributed by atoms with Crippen LogP contribution in [0.4, 0.5) is 4.39 Å². The highest BCUT2D eigenvalue weighted by molar-refractivity contribution is 5.31. The van der Waals surface area contributed by atoms with Gasteiger partial charge in [0.25, 0.3) is 0 Å². The average molecular weight is 241 g/mol. The number of rotatable bonds is 6. The van der Waals surface area contributed by atoms with E-state index in [1.807, 2.05) is 18.7 Å². The Balaban J connectivity index is 2.85. The van der Waals surface area contributed by atoms with Crippen LogP contribution in [0.3, 0.4) is 0 Å². The number of aliphatic hydroxyl groups excluding tert-OH is 1. The molecule has 0 unspecified atom stereocenters. The smallest absolute Gasteiger partial charge is 0.169 e. The zero-order valence-electron chi connectivity index (χ0n) is 10.6. The van der Waals surface area contributed by atoms with Gasteiger partial charge in [-0.05, 0) is 19.9 Å². The molecule has 0 atom stereocenters. The number of hydrogen-bond donors (Lipinski definition) is 1. The second kappa shape index (κ2) is 6.57. The van der Waals surface area contributed by atoms with Crippen LogP contribution in [0, 0.1) is 5.82 Å². The molecule has 0 aliphatic heterocycles. The highest BCUT2D eigenvalue weighted by atomic mass is 19.1. The Morgan fingerprint density at radius 1 is 1.41 bits per heavy atom. The Morgan fingerprint density at radius 2 is 2.12 bits per heavy atom. The molecule has 1 aromatic carbocycles. The maximum Gasteiger partial charge on any atom is 0.169 e. The van der Waals surface area contributed by atoms with Crippen LogP contribution < -0.4 is 4.74 Å². The summed E-state index contributed by atoms with van der Waals surface area (Å²) in [6.45, 7) is 5.13. The van der Waals surface area contributed by atoms with Crippen LogP contribution in [-0.2, 0) is 6.54 Å². The van der Waals surface area contributed by atoms with Crippen molar-refractivity contribution in [3.05, 3.63) is 29.6 Å². The molecular weight excluding hydrogens is 221 g/mol. The lowest BCUT2D eigenvalue weighted by Crippen LogP contribution is -2.33. The SMILES string of the molecule is COc1cccc(CN(CCO)C(C)C)c1F. The lowest BCUT2D eigenvalue weighted by Gasteiger charge is -2.25. The van der Waals surface area contributed by atoms with Gasteiger partial charge in [-0.3, -0.25) is 4.90 Å². The molecule has 0 saturated heterocycles. The van der Waals surface area contributed by atoms with Crippen LogP contribution in [-0.4, -0.2) is 36.3 Å². The van der Waals surface area contributed by atoms with Crippen molar-refractivity contribution in [2.45, 2.75) is 26.4 Å². The minimum absolute atomic E-state index is 0.0732. The molecule has 1 rings (SSSR count). The molecule has 1 aromatic rings. The third-order valence-corrected chi connectivity index (χ3v) is 2.75. The van der Waals surface area contributed by atoms with Gasteiger partial charge in [0.15, 0.2) is 11.6 Å². The van der Waals surface area contributed by atoms with Gasteiger partial charge in [0.2, 0.25) is 0 Å². The van der Waals surface area contributed by atoms with Crippen molar-refractivity contribution in [1.82, 2.24) is 4.90 Å². The number of methoxy groups -OCH3 is 1. The van der Waals surface area contributed by atoms with Crippen molar-refractivity contribution in [2.75, 3.05) is 20.3 Å². The molecule has 0 radical (unpaired) electrons. The lowest BCUT2D eigenvalue weighted by molar-refractivity contribution is 0.157. The van der Waals surface area contributed by atoms with Gasteiger partial charge in [-0.15, -0.1) is 0 Å². The summed E-state index contributed by atoms with van der Waals surface area (Å²) in [5.74, 6) is -0.0613. The molecule has 96 valence electrons. The average Bonchev–Trinajstić information content (AvgIpc) is 2.30. The van der Waals surface area contributed by atoms with E-state index in [0.717, 1.165) is 0 Å². The van der Waals surface area contributed by atoms with Crippen LogP contribution >= 0.6 is 0 Å². The van der Waals surface area contributed by atoms with Gasteiger partial charge in [-0.1, -0.05) is 12.1 Å². The van der Waals surface area contributed by atoms with Crippen molar-refractivity contribution < 1.29 is 14.2 Å². The zero-order chi connectivity index (χ0) is 12.8. The van der Waals surface area contributed by atoms with E-state index in [1.54, 1.807) is 18.2 Å². The maximum atomic E-state index is 13.9. The van der Waals surface area contributed by atoms with E-state index in [2.05, 4.69) is 0 Å². The van der Waals surface area contributed by atoms with Crippen LogP contribution in [0.25, 0.3) is 0 Å². The van der Waals surface area contributed by atoms with Gasteiger partial charge < -0.3 is 9.84 Å². The number of hydrogen-bond acceptors (Lipinski definition) is 3. The highest BCUT2D eigenvalue weighted by Crippen LogP contribution is 2.21. The number of nitrogens with zero attached hydrogens (tertiary/aromatic N) is 1. The molecule has 0 aliphatic carbocycles. The molecule has 1 N–H and O–H groups in total. The summed E-state index contributed by atoms with van der Waals surface area (Å²) >= 11 is 0. The number of halogens is 1. The minimum atomic E-state index is -0.321. The fraction of sp³-hybridized carbons (Fsp3) is 0.538. The first-order valence-corrected chi connectivity index (χ1v) is 5.76. The van der Waals surface area contributed by atoms with Crippen molar-refractivity contribution in [1.29, 1.82) is 0 Å². The zero-order valence-corrected chi connectivity index (χ0v) is 10.6. The molecule has 0 aliphatic rings. The molecule has 4 heteroatoms. The molecule has 0 spiro atoms. The van der Waals surface area contributed by atoms with E-state index < -0.39 is 0 Å². The Bertz CT molecular complexity index is 355. The fourth-order valence-corrected chi connectivity index (χ4v) is 1.70. The maximum absolute atomic E-state index is 13.9. The number of aliphatic hydroxyl groups is 1. The van der Waals surface area contributed by atoms with Gasteiger partial charge in [0, 0.05) is 24.7 Å². The van der Waals surface area contributed by atoms with E-state index in [1.165, 1.54) is 7.11 Å². The van der Waals surface area contributed by atoms with Crippen molar-refractivity contribution in [3.63, 3.8) is 0 Å². The summed E-state index contributed by atoms with van der Waals surface area (Å²) in [7, 11) is 1.45. The predicted octanol–water partition coefficient (Wildman–Crippen LogP) is 2.04. The van der Waals surface area contributed by atoms with E-state index in [9.17, 15) is 4.39 Å². The Kier molecular flexibility index (Phi) is 5.38. The fourth-order valence-electron chi connectivity index (χ4n) is 1.70. The minimum Gasteiger partial charge on any atom is -0.494 e. The molecule has 0 heterocycles. The Labute approximate surface area is 102 Å². The summed E-state index contributed by atoms with van der Waals surface area (Å²) in [6, 6.07) is 5.37. The molecule has 3 nitrogen and oxygen atoms in total. The standard InChI is InChI=1S/C13H20FNO2/c1-10(2)15(7-8-16)9-11-5-4-6-12(17-3)13(11)14/h4-6,10,16H,7-9H2,1-3H3. The largest absolute Gasteiger partial charge is 0.494 e. The third kappa shape index (κ3) is 3.68. The highest BCUT2D eigenvalue weighted by Gasteiger charge is 2.14. The van der Waals surface area contributed by atoms with Crippen LogP contribution in [0.1, 0.15) is 19.4 Å². The normalized spacial score (nSPS) is 11.2. The summed E-state index contributed by atoms with van der Waals surface area (Å²) in [6.07, 6.45) is 0. The summed E-state index contributed by atoms with van der Waals surface area (Å²) in [4.78, 5) is 2.01. The quantitative estimate of drug-likeness (QED) is 0.827. The van der Waals surface area contributed by atoms with E-state index >= 15 is 0 Å². The molecule has 0 amide bonds. The van der Waals surface area contributed by atoms with Crippen molar-refractivity contribution in [2.24, 2.45) is 0 Å². The number of benzene rings is 1. The molecule has 0 saturated carbocycles. The van der Waals surface area contributed by atoms with Crippen LogP contribution in [0.15, 0.2) is 18.2 Å². The summed E-state index contributed by atoms with van der Waals surface area (Å²) in [5.41, 5.74) is 0.589. The van der Waals surface area contributed by atoms with Crippen molar-refractivity contribution in [3.8, 4) is 5.75 Å². The monoisotopic (exact) mass is 241 g/mol. The van der Waals surface area contributed by atoms with Gasteiger partial charge in [0.1, 0.15) is 0 Å². The van der Waals surface area contributed by atoms with Gasteiger partial charge >= 0.3 is 0 Å². The Hall–Kier alpha value is -1.13. The lowest BCUT2D eigenvalue weighted by atomic mass is 10.1. The second-order valence-electron chi connectivity index (χ2n) is 4.22. The predicted molar refractivity (Wildman–Crippen MR) is 65.6 cm³/mol. The second-order valence-corrected chi connectivity index (χ2v) is 4.22. The topological polar surface area (TPSA) is 32.7 Å². The van der Waals surface area contributed by atoms with Gasteiger partial charge in [0.05, 0.1) is 13.7 Å². The van der Waals surface area contributed by atoms with Crippen molar-refractivity contribution >= 4 is 0 Å². The van der Waals surface area contributed by atoms with Crippen LogP contribution in [0.5, 0.6) is 5.75 Å². The first-order valence-electron chi connectivity index (χ1n) is 5.76. The molecule has 0 aromatic heterocycles. The first kappa shape index (κ1) is 13.9. The third-order valence-electron chi connectivity index (χ3n) is 2.75. The molecular formula is C13H20FNO2. The van der Waals surface area contributed by atoms with Crippen LogP contribution in [0.2, 0.25) is 0 Å². The first-order chi connectivity index (χ1) is 8.10. The molecule has 17 heavy (non-hydrogen) atoms.